The van der Waals surface area contributed by atoms with Crippen molar-refractivity contribution in [2.45, 2.75) is 64.0 Å². The van der Waals surface area contributed by atoms with E-state index in [-0.39, 0.29) is 30.2 Å². The lowest BCUT2D eigenvalue weighted by Crippen LogP contribution is -2.55. The molecule has 0 aromatic carbocycles. The quantitative estimate of drug-likeness (QED) is 0.608. The smallest absolute Gasteiger partial charge is 0.241 e. The summed E-state index contributed by atoms with van der Waals surface area (Å²) in [6, 6.07) is -0.514. The summed E-state index contributed by atoms with van der Waals surface area (Å²) < 4.78 is 32.3. The number of sulfonamides is 1. The average molecular weight is 412 g/mol. The average Bonchev–Trinajstić information content (AvgIpc) is 2.62. The van der Waals surface area contributed by atoms with Crippen LogP contribution in [0.5, 0.6) is 0 Å². The van der Waals surface area contributed by atoms with E-state index in [1.54, 1.807) is 0 Å². The molecule has 2 rings (SSSR count). The molecule has 2 fully saturated rings. The van der Waals surface area contributed by atoms with Crippen molar-refractivity contribution in [1.82, 2.24) is 9.21 Å². The molecule has 1 amide bonds. The second kappa shape index (κ2) is 11.4. The Kier molecular flexibility index (Phi) is 10.4. The van der Waals surface area contributed by atoms with Crippen LogP contribution in [0.2, 0.25) is 0 Å². The summed E-state index contributed by atoms with van der Waals surface area (Å²) in [7, 11) is -3.34. The number of nitrogens with two attached hydrogens (primary N) is 1. The first kappa shape index (κ1) is 23.6. The largest absolute Gasteiger partial charge is 0.378 e. The maximum atomic E-state index is 12.9. The Morgan fingerprint density at radius 2 is 1.85 bits per heavy atom. The minimum Gasteiger partial charge on any atom is -0.378 e. The van der Waals surface area contributed by atoms with Crippen molar-refractivity contribution in [1.29, 1.82) is 0 Å². The van der Waals surface area contributed by atoms with Crippen LogP contribution in [0.15, 0.2) is 0 Å². The van der Waals surface area contributed by atoms with Crippen LogP contribution in [0.4, 0.5) is 0 Å². The Hall–Kier alpha value is -0.410. The van der Waals surface area contributed by atoms with Gasteiger partial charge in [0, 0.05) is 26.2 Å². The monoisotopic (exact) mass is 411 g/mol. The molecule has 0 aromatic rings. The van der Waals surface area contributed by atoms with Gasteiger partial charge in [-0.05, 0) is 45.1 Å². The van der Waals surface area contributed by atoms with E-state index >= 15 is 0 Å². The number of carbonyl (C=O) groups is 1. The first-order valence-electron chi connectivity index (χ1n) is 9.59. The third kappa shape index (κ3) is 6.34. The maximum Gasteiger partial charge on any atom is 0.241 e. The molecule has 0 radical (unpaired) electrons. The maximum absolute atomic E-state index is 12.9. The van der Waals surface area contributed by atoms with E-state index in [4.69, 9.17) is 10.5 Å². The highest BCUT2D eigenvalue weighted by molar-refractivity contribution is 7.89. The summed E-state index contributed by atoms with van der Waals surface area (Å²) >= 11 is 0. The zero-order chi connectivity index (χ0) is 18.3. The molecule has 9 heteroatoms. The van der Waals surface area contributed by atoms with Crippen LogP contribution in [-0.2, 0) is 19.6 Å². The van der Waals surface area contributed by atoms with Crippen LogP contribution in [-0.4, -0.2) is 74.2 Å². The fourth-order valence-corrected chi connectivity index (χ4v) is 5.39. The highest BCUT2D eigenvalue weighted by Gasteiger charge is 2.39. The molecule has 0 aromatic heterocycles. The summed E-state index contributed by atoms with van der Waals surface area (Å²) in [5.41, 5.74) is 5.47. The van der Waals surface area contributed by atoms with Crippen molar-refractivity contribution in [3.05, 3.63) is 0 Å². The summed E-state index contributed by atoms with van der Waals surface area (Å²) in [6.07, 6.45) is 5.61. The van der Waals surface area contributed by atoms with Gasteiger partial charge in [0.15, 0.2) is 0 Å². The van der Waals surface area contributed by atoms with Crippen molar-refractivity contribution < 1.29 is 17.9 Å². The van der Waals surface area contributed by atoms with Gasteiger partial charge in [0.2, 0.25) is 15.9 Å². The molecule has 2 heterocycles. The Morgan fingerprint density at radius 1 is 1.15 bits per heavy atom. The molecule has 1 unspecified atom stereocenters. The first-order chi connectivity index (χ1) is 12.0. The molecule has 0 spiro atoms. The normalized spacial score (nSPS) is 22.8. The van der Waals surface area contributed by atoms with Crippen molar-refractivity contribution >= 4 is 28.3 Å². The van der Waals surface area contributed by atoms with Gasteiger partial charge in [-0.25, -0.2) is 8.42 Å². The summed E-state index contributed by atoms with van der Waals surface area (Å²) in [6.45, 7) is 4.90. The van der Waals surface area contributed by atoms with Crippen molar-refractivity contribution in [2.75, 3.05) is 38.5 Å². The summed E-state index contributed by atoms with van der Waals surface area (Å²) in [4.78, 5) is 14.8. The van der Waals surface area contributed by atoms with E-state index in [1.165, 1.54) is 4.31 Å². The van der Waals surface area contributed by atoms with Crippen LogP contribution in [0.25, 0.3) is 0 Å². The lowest BCUT2D eigenvalue weighted by Gasteiger charge is -2.39. The van der Waals surface area contributed by atoms with Crippen LogP contribution in [0.3, 0.4) is 0 Å². The topological polar surface area (TPSA) is 92.9 Å². The van der Waals surface area contributed by atoms with Gasteiger partial charge in [0.25, 0.3) is 0 Å². The molecule has 2 aliphatic rings. The van der Waals surface area contributed by atoms with Gasteiger partial charge in [-0.1, -0.05) is 13.3 Å². The van der Waals surface area contributed by atoms with Gasteiger partial charge in [0.05, 0.1) is 11.9 Å². The number of halogens is 1. The van der Waals surface area contributed by atoms with Crippen LogP contribution >= 0.6 is 12.4 Å². The number of likely N-dealkylation sites (tertiary alicyclic amines) is 1. The molecule has 2 saturated heterocycles. The highest BCUT2D eigenvalue weighted by Crippen LogP contribution is 2.25. The number of hydrogen-bond acceptors (Lipinski definition) is 5. The van der Waals surface area contributed by atoms with Gasteiger partial charge in [0.1, 0.15) is 6.04 Å². The molecule has 154 valence electrons. The predicted octanol–water partition coefficient (Wildman–Crippen LogP) is 1.36. The molecular weight excluding hydrogens is 378 g/mol. The molecule has 26 heavy (non-hydrogen) atoms. The fourth-order valence-electron chi connectivity index (χ4n) is 3.65. The van der Waals surface area contributed by atoms with E-state index in [0.717, 1.165) is 32.1 Å². The SMILES string of the molecule is CCCS(=O)(=O)N1CCCCC1C(=O)N1CCC(OCCCN)CC1.Cl. The Bertz CT molecular complexity index is 524. The van der Waals surface area contributed by atoms with Crippen molar-refractivity contribution in [3.63, 3.8) is 0 Å². The fraction of sp³-hybridized carbons (Fsp3) is 0.941. The van der Waals surface area contributed by atoms with Gasteiger partial charge in [-0.15, -0.1) is 12.4 Å². The molecule has 1 atom stereocenters. The third-order valence-electron chi connectivity index (χ3n) is 5.01. The second-order valence-electron chi connectivity index (χ2n) is 6.98. The predicted molar refractivity (Wildman–Crippen MR) is 105 cm³/mol. The van der Waals surface area contributed by atoms with Crippen LogP contribution < -0.4 is 5.73 Å². The van der Waals surface area contributed by atoms with Crippen molar-refractivity contribution in [3.8, 4) is 0 Å². The van der Waals surface area contributed by atoms with E-state index in [0.29, 0.717) is 45.6 Å². The molecule has 7 nitrogen and oxygen atoms in total. The molecular formula is C17H34ClN3O4S. The van der Waals surface area contributed by atoms with Crippen LogP contribution in [0, 0.1) is 0 Å². The van der Waals surface area contributed by atoms with Gasteiger partial charge < -0.3 is 15.4 Å². The minimum atomic E-state index is -3.34. The van der Waals surface area contributed by atoms with Crippen LogP contribution in [0.1, 0.15) is 51.9 Å². The van der Waals surface area contributed by atoms with Gasteiger partial charge in [-0.3, -0.25) is 4.79 Å². The van der Waals surface area contributed by atoms with Gasteiger partial charge in [-0.2, -0.15) is 4.31 Å². The zero-order valence-electron chi connectivity index (χ0n) is 15.8. The number of amides is 1. The molecule has 0 saturated carbocycles. The molecule has 0 bridgehead atoms. The third-order valence-corrected chi connectivity index (χ3v) is 7.09. The number of carbonyl (C=O) groups excluding carboxylic acids is 1. The van der Waals surface area contributed by atoms with E-state index in [1.807, 2.05) is 11.8 Å². The molecule has 2 aliphatic heterocycles. The summed E-state index contributed by atoms with van der Waals surface area (Å²) in [5.74, 6) is 0.0909. The Labute approximate surface area is 164 Å². The standard InChI is InChI=1S/C17H33N3O4S.ClH/c1-2-14-25(22,23)20-10-4-3-6-16(20)17(21)19-11-7-15(8-12-19)24-13-5-9-18;/h15-16H,2-14,18H2,1H3;1H. The lowest BCUT2D eigenvalue weighted by molar-refractivity contribution is -0.138. The Morgan fingerprint density at radius 3 is 2.46 bits per heavy atom. The molecule has 0 aliphatic carbocycles. The second-order valence-corrected chi connectivity index (χ2v) is 9.02. The number of ether oxygens (including phenoxy) is 1. The zero-order valence-corrected chi connectivity index (χ0v) is 17.4. The van der Waals surface area contributed by atoms with Gasteiger partial charge >= 0.3 is 0 Å². The number of nitrogens with zero attached hydrogens (tertiary/aromatic N) is 2. The van der Waals surface area contributed by atoms with Crippen molar-refractivity contribution in [2.24, 2.45) is 5.73 Å². The number of hydrogen-bond donors (Lipinski definition) is 1. The number of rotatable bonds is 8. The lowest BCUT2D eigenvalue weighted by atomic mass is 10.0. The molecule has 2 N–H and O–H groups in total. The first-order valence-corrected chi connectivity index (χ1v) is 11.2. The summed E-state index contributed by atoms with van der Waals surface area (Å²) in [5, 5.41) is 0. The van der Waals surface area contributed by atoms with E-state index in [9.17, 15) is 13.2 Å². The van der Waals surface area contributed by atoms with E-state index < -0.39 is 16.1 Å². The number of piperidine rings is 2. The highest BCUT2D eigenvalue weighted by atomic mass is 35.5. The Balaban J connectivity index is 0.00000338. The van der Waals surface area contributed by atoms with E-state index in [2.05, 4.69) is 0 Å². The minimum absolute atomic E-state index is 0.